The van der Waals surface area contributed by atoms with Crippen molar-refractivity contribution in [2.24, 2.45) is 0 Å². The summed E-state index contributed by atoms with van der Waals surface area (Å²) >= 11 is 6.37. The molecule has 4 rings (SSSR count). The standard InChI is InChI=1S/C22H24ClN3O/c1-26(2)20(16-7-3-4-11-18(16)23)13-24-22(27)17-10-5-9-15-14-8-6-12-19(14)25-21(15)17/h3-5,7,9-11,20,25H,6,8,12-13H2,1-2H3,(H,24,27)/t20-/m0/s1. The van der Waals surface area contributed by atoms with Crippen LogP contribution in [0.2, 0.25) is 5.02 Å². The molecule has 5 heteroatoms. The van der Waals surface area contributed by atoms with E-state index in [1.54, 1.807) is 0 Å². The van der Waals surface area contributed by atoms with E-state index < -0.39 is 0 Å². The summed E-state index contributed by atoms with van der Waals surface area (Å²) in [5.74, 6) is -0.0561. The Bertz CT molecular complexity index is 992. The van der Waals surface area contributed by atoms with E-state index in [1.807, 2.05) is 50.5 Å². The molecule has 2 N–H and O–H groups in total. The van der Waals surface area contributed by atoms with E-state index in [4.69, 9.17) is 11.6 Å². The summed E-state index contributed by atoms with van der Waals surface area (Å²) in [5.41, 5.74) is 5.34. The Hall–Kier alpha value is -2.30. The number of carbonyl (C=O) groups is 1. The highest BCUT2D eigenvalue weighted by atomic mass is 35.5. The largest absolute Gasteiger partial charge is 0.358 e. The van der Waals surface area contributed by atoms with Gasteiger partial charge in [-0.05, 0) is 56.6 Å². The Morgan fingerprint density at radius 2 is 2.00 bits per heavy atom. The maximum Gasteiger partial charge on any atom is 0.253 e. The van der Waals surface area contributed by atoms with Crippen LogP contribution in [-0.2, 0) is 12.8 Å². The molecule has 2 aromatic carbocycles. The van der Waals surface area contributed by atoms with Crippen molar-refractivity contribution < 1.29 is 4.79 Å². The van der Waals surface area contributed by atoms with E-state index in [2.05, 4.69) is 21.3 Å². The van der Waals surface area contributed by atoms with Gasteiger partial charge in [0.2, 0.25) is 0 Å². The summed E-state index contributed by atoms with van der Waals surface area (Å²) in [7, 11) is 3.99. The number of nitrogens with zero attached hydrogens (tertiary/aromatic N) is 1. The fourth-order valence-corrected chi connectivity index (χ4v) is 4.32. The lowest BCUT2D eigenvalue weighted by Crippen LogP contribution is -2.34. The third kappa shape index (κ3) is 3.35. The quantitative estimate of drug-likeness (QED) is 0.690. The Balaban J connectivity index is 1.57. The van der Waals surface area contributed by atoms with E-state index in [-0.39, 0.29) is 11.9 Å². The highest BCUT2D eigenvalue weighted by Gasteiger charge is 2.22. The van der Waals surface area contributed by atoms with Gasteiger partial charge in [-0.3, -0.25) is 4.79 Å². The zero-order valence-electron chi connectivity index (χ0n) is 15.7. The minimum atomic E-state index is -0.0561. The van der Waals surface area contributed by atoms with Crippen molar-refractivity contribution >= 4 is 28.4 Å². The maximum absolute atomic E-state index is 12.9. The number of rotatable bonds is 5. The summed E-state index contributed by atoms with van der Waals surface area (Å²) in [6, 6.07) is 13.8. The summed E-state index contributed by atoms with van der Waals surface area (Å²) in [5, 5.41) is 5.01. The molecule has 1 aliphatic rings. The van der Waals surface area contributed by atoms with Gasteiger partial charge in [-0.2, -0.15) is 0 Å². The second-order valence-corrected chi connectivity index (χ2v) is 7.78. The summed E-state index contributed by atoms with van der Waals surface area (Å²) in [6.45, 7) is 0.492. The number of carbonyl (C=O) groups excluding carboxylic acids is 1. The molecule has 0 saturated carbocycles. The molecule has 0 unspecified atom stereocenters. The van der Waals surface area contributed by atoms with Crippen LogP contribution in [0.5, 0.6) is 0 Å². The molecule has 1 heterocycles. The van der Waals surface area contributed by atoms with Gasteiger partial charge in [-0.1, -0.05) is 41.9 Å². The summed E-state index contributed by atoms with van der Waals surface area (Å²) < 4.78 is 0. The van der Waals surface area contributed by atoms with Crippen LogP contribution < -0.4 is 5.32 Å². The first-order valence-electron chi connectivity index (χ1n) is 9.37. The number of H-pyrrole nitrogens is 1. The number of hydrogen-bond donors (Lipinski definition) is 2. The zero-order valence-corrected chi connectivity index (χ0v) is 16.4. The molecule has 0 saturated heterocycles. The molecule has 0 radical (unpaired) electrons. The molecular formula is C22H24ClN3O. The van der Waals surface area contributed by atoms with Crippen LogP contribution >= 0.6 is 11.6 Å². The lowest BCUT2D eigenvalue weighted by atomic mass is 10.0. The molecule has 4 nitrogen and oxygen atoms in total. The van der Waals surface area contributed by atoms with E-state index in [0.717, 1.165) is 23.9 Å². The Morgan fingerprint density at radius 3 is 2.78 bits per heavy atom. The van der Waals surface area contributed by atoms with Gasteiger partial charge in [0.15, 0.2) is 0 Å². The number of aryl methyl sites for hydroxylation is 2. The van der Waals surface area contributed by atoms with Crippen molar-refractivity contribution in [3.05, 3.63) is 69.9 Å². The first kappa shape index (κ1) is 18.1. The second kappa shape index (κ2) is 7.37. The van der Waals surface area contributed by atoms with E-state index in [0.29, 0.717) is 17.1 Å². The van der Waals surface area contributed by atoms with Gasteiger partial charge in [0.25, 0.3) is 5.91 Å². The Kier molecular flexibility index (Phi) is 4.94. The molecule has 140 valence electrons. The summed E-state index contributed by atoms with van der Waals surface area (Å²) in [6.07, 6.45) is 3.35. The lowest BCUT2D eigenvalue weighted by Gasteiger charge is -2.26. The van der Waals surface area contributed by atoms with Crippen molar-refractivity contribution in [3.63, 3.8) is 0 Å². The smallest absolute Gasteiger partial charge is 0.253 e. The predicted molar refractivity (Wildman–Crippen MR) is 111 cm³/mol. The first-order valence-corrected chi connectivity index (χ1v) is 9.75. The minimum absolute atomic E-state index is 0.00972. The molecule has 0 aliphatic heterocycles. The normalized spacial score (nSPS) is 14.5. The molecule has 0 bridgehead atoms. The van der Waals surface area contributed by atoms with Crippen LogP contribution in [-0.4, -0.2) is 36.4 Å². The first-order chi connectivity index (χ1) is 13.1. The van der Waals surface area contributed by atoms with Gasteiger partial charge in [0.05, 0.1) is 17.1 Å². The molecule has 0 spiro atoms. The molecule has 1 aromatic heterocycles. The van der Waals surface area contributed by atoms with Gasteiger partial charge < -0.3 is 15.2 Å². The van der Waals surface area contributed by atoms with Crippen LogP contribution in [0, 0.1) is 0 Å². The van der Waals surface area contributed by atoms with E-state index in [1.165, 1.54) is 23.1 Å². The molecule has 3 aromatic rings. The van der Waals surface area contributed by atoms with Crippen LogP contribution in [0.1, 0.15) is 39.6 Å². The third-order valence-electron chi connectivity index (χ3n) is 5.47. The van der Waals surface area contributed by atoms with Gasteiger partial charge >= 0.3 is 0 Å². The zero-order chi connectivity index (χ0) is 19.0. The molecule has 0 fully saturated rings. The van der Waals surface area contributed by atoms with Crippen LogP contribution in [0.25, 0.3) is 10.9 Å². The van der Waals surface area contributed by atoms with Crippen LogP contribution in [0.4, 0.5) is 0 Å². The van der Waals surface area contributed by atoms with E-state index in [9.17, 15) is 4.79 Å². The average Bonchev–Trinajstić information content (AvgIpc) is 3.24. The number of amides is 1. The highest BCUT2D eigenvalue weighted by Crippen LogP contribution is 2.31. The number of fused-ring (bicyclic) bond motifs is 3. The fraction of sp³-hybridized carbons (Fsp3) is 0.318. The third-order valence-corrected chi connectivity index (χ3v) is 5.82. The van der Waals surface area contributed by atoms with Gasteiger partial charge in [0.1, 0.15) is 0 Å². The maximum atomic E-state index is 12.9. The minimum Gasteiger partial charge on any atom is -0.358 e. The number of nitrogens with one attached hydrogen (secondary N) is 2. The van der Waals surface area contributed by atoms with Crippen LogP contribution in [0.15, 0.2) is 42.5 Å². The average molecular weight is 382 g/mol. The van der Waals surface area contributed by atoms with Crippen LogP contribution in [0.3, 0.4) is 0 Å². The number of aromatic amines is 1. The van der Waals surface area contributed by atoms with Crippen molar-refractivity contribution in [1.29, 1.82) is 0 Å². The number of aromatic nitrogens is 1. The monoisotopic (exact) mass is 381 g/mol. The molecule has 1 amide bonds. The Labute approximate surface area is 164 Å². The fourth-order valence-electron chi connectivity index (χ4n) is 4.06. The SMILES string of the molecule is CN(C)[C@@H](CNC(=O)c1cccc2c3c([nH]c12)CCC3)c1ccccc1Cl. The summed E-state index contributed by atoms with van der Waals surface area (Å²) in [4.78, 5) is 18.5. The number of hydrogen-bond acceptors (Lipinski definition) is 2. The Morgan fingerprint density at radius 1 is 1.19 bits per heavy atom. The van der Waals surface area contributed by atoms with Crippen molar-refractivity contribution in [2.75, 3.05) is 20.6 Å². The number of likely N-dealkylation sites (N-methyl/N-ethyl adjacent to an activating group) is 1. The number of para-hydroxylation sites is 1. The molecule has 1 atom stereocenters. The van der Waals surface area contributed by atoms with E-state index >= 15 is 0 Å². The van der Waals surface area contributed by atoms with Gasteiger partial charge in [0, 0.05) is 22.6 Å². The number of benzene rings is 2. The topological polar surface area (TPSA) is 48.1 Å². The molecule has 1 aliphatic carbocycles. The van der Waals surface area contributed by atoms with Crippen molar-refractivity contribution in [2.45, 2.75) is 25.3 Å². The predicted octanol–water partition coefficient (Wildman–Crippen LogP) is 4.34. The number of halogens is 1. The highest BCUT2D eigenvalue weighted by molar-refractivity contribution is 6.31. The van der Waals surface area contributed by atoms with Gasteiger partial charge in [-0.15, -0.1) is 0 Å². The van der Waals surface area contributed by atoms with Crippen molar-refractivity contribution in [1.82, 2.24) is 15.2 Å². The molecule has 27 heavy (non-hydrogen) atoms. The second-order valence-electron chi connectivity index (χ2n) is 7.37. The lowest BCUT2D eigenvalue weighted by molar-refractivity contribution is 0.0943. The van der Waals surface area contributed by atoms with Crippen molar-refractivity contribution in [3.8, 4) is 0 Å². The molecular weight excluding hydrogens is 358 g/mol. The van der Waals surface area contributed by atoms with Gasteiger partial charge in [-0.25, -0.2) is 0 Å².